The van der Waals surface area contributed by atoms with Gasteiger partial charge in [-0.25, -0.2) is 0 Å². The summed E-state index contributed by atoms with van der Waals surface area (Å²) in [5.41, 5.74) is 3.93. The minimum Gasteiger partial charge on any atom is -1.00 e. The molecule has 0 bridgehead atoms. The van der Waals surface area contributed by atoms with Crippen LogP contribution in [0.25, 0.3) is 0 Å². The van der Waals surface area contributed by atoms with E-state index in [0.717, 1.165) is 5.92 Å². The first-order valence-electron chi connectivity index (χ1n) is 7.79. The van der Waals surface area contributed by atoms with Crippen molar-refractivity contribution in [1.29, 1.82) is 0 Å². The normalized spacial score (nSPS) is 30.5. The molecule has 0 spiro atoms. The van der Waals surface area contributed by atoms with Crippen molar-refractivity contribution >= 4 is 3.21 Å². The van der Waals surface area contributed by atoms with Crippen molar-refractivity contribution in [2.24, 2.45) is 11.3 Å². The van der Waals surface area contributed by atoms with E-state index in [-0.39, 0.29) is 24.8 Å². The fourth-order valence-electron chi connectivity index (χ4n) is 4.50. The van der Waals surface area contributed by atoms with Gasteiger partial charge in [0.25, 0.3) is 0 Å². The largest absolute Gasteiger partial charge is 1.00 e. The van der Waals surface area contributed by atoms with Crippen molar-refractivity contribution in [3.63, 3.8) is 0 Å². The van der Waals surface area contributed by atoms with Gasteiger partial charge in [-0.15, -0.1) is 0 Å². The molecular formula is C19H25Cl2Zr. The van der Waals surface area contributed by atoms with Crippen LogP contribution >= 0.6 is 0 Å². The zero-order valence-electron chi connectivity index (χ0n) is 13.9. The molecule has 2 unspecified atom stereocenters. The number of fused-ring (bicyclic) bond motifs is 1. The van der Waals surface area contributed by atoms with Crippen LogP contribution in [0.1, 0.15) is 47.0 Å². The van der Waals surface area contributed by atoms with Crippen molar-refractivity contribution in [3.05, 3.63) is 47.6 Å². The van der Waals surface area contributed by atoms with Crippen LogP contribution < -0.4 is 24.8 Å². The molecule has 2 atom stereocenters. The monoisotopic (exact) mass is 413 g/mol. The molecule has 0 aromatic heterocycles. The number of rotatable bonds is 2. The van der Waals surface area contributed by atoms with Gasteiger partial charge in [-0.05, 0) is 0 Å². The van der Waals surface area contributed by atoms with E-state index in [4.69, 9.17) is 0 Å². The molecule has 0 saturated heterocycles. The molecule has 0 aromatic rings. The van der Waals surface area contributed by atoms with Gasteiger partial charge in [-0.3, -0.25) is 0 Å². The van der Waals surface area contributed by atoms with E-state index < -0.39 is 22.8 Å². The van der Waals surface area contributed by atoms with E-state index in [1.54, 1.807) is 14.4 Å². The predicted molar refractivity (Wildman–Crippen MR) is 84.6 cm³/mol. The summed E-state index contributed by atoms with van der Waals surface area (Å²) >= 11 is -0.611. The summed E-state index contributed by atoms with van der Waals surface area (Å²) in [6.45, 7) is 9.82. The van der Waals surface area contributed by atoms with Crippen LogP contribution in [0.15, 0.2) is 47.6 Å². The Balaban J connectivity index is 0.00000121. The van der Waals surface area contributed by atoms with Crippen LogP contribution in [0.2, 0.25) is 3.12 Å². The quantitative estimate of drug-likeness (QED) is 0.558. The van der Waals surface area contributed by atoms with E-state index in [1.807, 2.05) is 0 Å². The van der Waals surface area contributed by atoms with E-state index >= 15 is 0 Å². The maximum atomic E-state index is 2.54. The van der Waals surface area contributed by atoms with Crippen LogP contribution in [0, 0.1) is 11.3 Å². The van der Waals surface area contributed by atoms with Gasteiger partial charge >= 0.3 is 135 Å². The van der Waals surface area contributed by atoms with Crippen LogP contribution in [0.4, 0.5) is 0 Å². The zero-order chi connectivity index (χ0) is 14.4. The summed E-state index contributed by atoms with van der Waals surface area (Å²) in [5, 5.41) is 0. The molecule has 1 saturated carbocycles. The number of halogens is 2. The summed E-state index contributed by atoms with van der Waals surface area (Å²) in [4.78, 5) is 0. The molecule has 3 aliphatic carbocycles. The second-order valence-corrected chi connectivity index (χ2v) is 12.2. The van der Waals surface area contributed by atoms with Crippen LogP contribution in [0.3, 0.4) is 0 Å². The molecule has 0 radical (unpaired) electrons. The molecule has 3 aliphatic rings. The second kappa shape index (κ2) is 7.46. The maximum Gasteiger partial charge on any atom is -1.00 e. The Labute approximate surface area is 159 Å². The van der Waals surface area contributed by atoms with Gasteiger partial charge in [0.05, 0.1) is 0 Å². The van der Waals surface area contributed by atoms with Crippen LogP contribution in [-0.4, -0.2) is 3.21 Å². The fourth-order valence-corrected chi connectivity index (χ4v) is 9.34. The second-order valence-electron chi connectivity index (χ2n) is 7.27. The van der Waals surface area contributed by atoms with E-state index in [0.29, 0.717) is 8.54 Å². The standard InChI is InChI=1S/C16H19.C3H6.2ClH.Zr/c1-16(2)11-13-9-5-6-10-14(13)15(16)12-7-3-4-8-12;1-3-2;;;/h3-7,10,13H,8-9,11H2,1-2H3;1-2H3;2*1H;/q;;;;+2/p-2. The van der Waals surface area contributed by atoms with Crippen molar-refractivity contribution in [2.45, 2.75) is 50.1 Å². The average Bonchev–Trinajstić information content (AvgIpc) is 2.95. The average molecular weight is 416 g/mol. The number of hydrogen-bond acceptors (Lipinski definition) is 0. The van der Waals surface area contributed by atoms with Gasteiger partial charge in [0.2, 0.25) is 0 Å². The zero-order valence-corrected chi connectivity index (χ0v) is 17.9. The fraction of sp³-hybridized carbons (Fsp3) is 0.526. The first-order valence-corrected chi connectivity index (χ1v) is 10.2. The van der Waals surface area contributed by atoms with Gasteiger partial charge in [0.15, 0.2) is 0 Å². The third-order valence-electron chi connectivity index (χ3n) is 5.17. The van der Waals surface area contributed by atoms with Crippen LogP contribution in [0.5, 0.6) is 0 Å². The first-order chi connectivity index (χ1) is 9.47. The van der Waals surface area contributed by atoms with Crippen molar-refractivity contribution in [3.8, 4) is 0 Å². The number of allylic oxidation sites excluding steroid dienone is 8. The van der Waals surface area contributed by atoms with Crippen molar-refractivity contribution < 1.29 is 47.6 Å². The minimum absolute atomic E-state index is 0. The van der Waals surface area contributed by atoms with Crippen molar-refractivity contribution in [2.75, 3.05) is 0 Å². The molecule has 0 aromatic carbocycles. The summed E-state index contributed by atoms with van der Waals surface area (Å²) < 4.78 is 2.15. The Bertz CT molecular complexity index is 574. The summed E-state index contributed by atoms with van der Waals surface area (Å²) in [6.07, 6.45) is 18.1. The molecule has 3 rings (SSSR count). The Kier molecular flexibility index (Phi) is 6.89. The Morgan fingerprint density at radius 3 is 2.36 bits per heavy atom. The molecule has 1 fully saturated rings. The van der Waals surface area contributed by atoms with Gasteiger partial charge in [-0.2, -0.15) is 0 Å². The van der Waals surface area contributed by atoms with Gasteiger partial charge in [-0.1, -0.05) is 0 Å². The molecule has 119 valence electrons. The minimum atomic E-state index is -0.611. The molecule has 0 amide bonds. The Morgan fingerprint density at radius 2 is 1.77 bits per heavy atom. The first kappa shape index (κ1) is 20.3. The molecular weight excluding hydrogens is 390 g/mol. The Hall–Kier alpha value is 0.293. The molecule has 22 heavy (non-hydrogen) atoms. The molecule has 0 N–H and O–H groups in total. The van der Waals surface area contributed by atoms with Gasteiger partial charge < -0.3 is 24.8 Å². The smallest absolute Gasteiger partial charge is 1.00 e. The van der Waals surface area contributed by atoms with E-state index in [1.165, 1.54) is 19.3 Å². The number of hydrogen-bond donors (Lipinski definition) is 0. The third kappa shape index (κ3) is 3.11. The van der Waals surface area contributed by atoms with Crippen molar-refractivity contribution in [1.82, 2.24) is 0 Å². The summed E-state index contributed by atoms with van der Waals surface area (Å²) in [5.74, 6) is 0.803. The van der Waals surface area contributed by atoms with Gasteiger partial charge in [0, 0.05) is 0 Å². The summed E-state index contributed by atoms with van der Waals surface area (Å²) in [7, 11) is 0. The SMILES string of the molecule is C[C](C)=[Zr+2][C]1(C2=CC=CC2)C2=CC=CCC2CC1(C)C.[Cl-].[Cl-]. The maximum absolute atomic E-state index is 2.54. The van der Waals surface area contributed by atoms with Gasteiger partial charge in [0.1, 0.15) is 0 Å². The molecule has 0 aliphatic heterocycles. The van der Waals surface area contributed by atoms with E-state index in [9.17, 15) is 0 Å². The van der Waals surface area contributed by atoms with E-state index in [2.05, 4.69) is 64.2 Å². The Morgan fingerprint density at radius 1 is 1.09 bits per heavy atom. The summed E-state index contributed by atoms with van der Waals surface area (Å²) in [6, 6.07) is 0. The predicted octanol–water partition coefficient (Wildman–Crippen LogP) is -0.733. The van der Waals surface area contributed by atoms with Crippen LogP contribution in [-0.2, 0) is 22.8 Å². The topological polar surface area (TPSA) is 0 Å². The molecule has 0 heterocycles. The molecule has 0 nitrogen and oxygen atoms in total. The molecule has 3 heteroatoms. The third-order valence-corrected chi connectivity index (χ3v) is 10.5.